The number of halogens is 1. The van der Waals surface area contributed by atoms with E-state index in [4.69, 9.17) is 9.47 Å². The molecular formula is C15H22FNO2. The molecule has 4 heteroatoms. The molecule has 1 aromatic rings. The van der Waals surface area contributed by atoms with Crippen molar-refractivity contribution >= 4 is 0 Å². The molecule has 3 nitrogen and oxygen atoms in total. The third kappa shape index (κ3) is 3.07. The lowest BCUT2D eigenvalue weighted by Crippen LogP contribution is -2.61. The van der Waals surface area contributed by atoms with Crippen LogP contribution in [0.2, 0.25) is 0 Å². The zero-order valence-corrected chi connectivity index (χ0v) is 11.8. The van der Waals surface area contributed by atoms with Crippen LogP contribution in [0.1, 0.15) is 25.3 Å². The molecule has 1 N–H and O–H groups in total. The Labute approximate surface area is 114 Å². The molecule has 1 aromatic carbocycles. The monoisotopic (exact) mass is 267 g/mol. The van der Waals surface area contributed by atoms with E-state index in [0.29, 0.717) is 17.4 Å². The second-order valence-electron chi connectivity index (χ2n) is 5.04. The van der Waals surface area contributed by atoms with Gasteiger partial charge in [0.1, 0.15) is 12.2 Å². The van der Waals surface area contributed by atoms with E-state index < -0.39 is 0 Å². The molecule has 0 radical (unpaired) electrons. The first-order valence-electron chi connectivity index (χ1n) is 6.85. The third-order valence-electron chi connectivity index (χ3n) is 3.61. The minimum Gasteiger partial charge on any atom is -0.485 e. The van der Waals surface area contributed by atoms with Crippen LogP contribution in [0.4, 0.5) is 4.39 Å². The molecule has 0 amide bonds. The fourth-order valence-electron chi connectivity index (χ4n) is 2.42. The quantitative estimate of drug-likeness (QED) is 0.859. The first kappa shape index (κ1) is 14.3. The maximum Gasteiger partial charge on any atom is 0.167 e. The molecule has 2 rings (SSSR count). The molecule has 1 aliphatic rings. The second-order valence-corrected chi connectivity index (χ2v) is 5.04. The number of hydrogen-bond acceptors (Lipinski definition) is 3. The highest BCUT2D eigenvalue weighted by Crippen LogP contribution is 2.30. The normalized spacial score (nSPS) is 26.0. The van der Waals surface area contributed by atoms with Gasteiger partial charge in [0, 0.05) is 19.6 Å². The Morgan fingerprint density at radius 3 is 2.89 bits per heavy atom. The smallest absolute Gasteiger partial charge is 0.167 e. The highest BCUT2D eigenvalue weighted by atomic mass is 19.1. The number of hydrogen-bond donors (Lipinski definition) is 1. The molecule has 0 heterocycles. The van der Waals surface area contributed by atoms with Crippen molar-refractivity contribution in [3.63, 3.8) is 0 Å². The highest BCUT2D eigenvalue weighted by molar-refractivity contribution is 5.30. The Bertz CT molecular complexity index is 425. The van der Waals surface area contributed by atoms with Crippen LogP contribution in [-0.2, 0) is 4.74 Å². The second kappa shape index (κ2) is 6.35. The molecule has 3 unspecified atom stereocenters. The van der Waals surface area contributed by atoms with E-state index in [1.54, 1.807) is 32.2 Å². The minimum absolute atomic E-state index is 0.00791. The van der Waals surface area contributed by atoms with Crippen molar-refractivity contribution in [1.82, 2.24) is 5.32 Å². The predicted octanol–water partition coefficient (Wildman–Crippen LogP) is 2.67. The van der Waals surface area contributed by atoms with Crippen LogP contribution in [0.5, 0.6) is 5.75 Å². The summed E-state index contributed by atoms with van der Waals surface area (Å²) >= 11 is 0. The number of methoxy groups -OCH3 is 1. The molecule has 1 saturated carbocycles. The third-order valence-corrected chi connectivity index (χ3v) is 3.61. The lowest BCUT2D eigenvalue weighted by atomic mass is 9.85. The van der Waals surface area contributed by atoms with Gasteiger partial charge in [-0.2, -0.15) is 0 Å². The van der Waals surface area contributed by atoms with Gasteiger partial charge in [0.05, 0.1) is 0 Å². The largest absolute Gasteiger partial charge is 0.485 e. The SMILES string of the molecule is CCCNC1CC(Oc2cccc(C)c2F)C1OC. The molecule has 1 aliphatic carbocycles. The van der Waals surface area contributed by atoms with Gasteiger partial charge in [-0.15, -0.1) is 0 Å². The summed E-state index contributed by atoms with van der Waals surface area (Å²) in [5.41, 5.74) is 0.603. The summed E-state index contributed by atoms with van der Waals surface area (Å²) in [6, 6.07) is 5.52. The summed E-state index contributed by atoms with van der Waals surface area (Å²) in [6.07, 6.45) is 1.86. The molecule has 0 aromatic heterocycles. The summed E-state index contributed by atoms with van der Waals surface area (Å²) in [7, 11) is 1.67. The van der Waals surface area contributed by atoms with Crippen molar-refractivity contribution in [2.75, 3.05) is 13.7 Å². The molecular weight excluding hydrogens is 245 g/mol. The molecule has 1 fully saturated rings. The number of nitrogens with one attached hydrogen (secondary N) is 1. The van der Waals surface area contributed by atoms with Gasteiger partial charge in [0.15, 0.2) is 11.6 Å². The number of aryl methyl sites for hydroxylation is 1. The Morgan fingerprint density at radius 1 is 1.42 bits per heavy atom. The molecule has 19 heavy (non-hydrogen) atoms. The van der Waals surface area contributed by atoms with Crippen molar-refractivity contribution < 1.29 is 13.9 Å². The van der Waals surface area contributed by atoms with Gasteiger partial charge in [-0.3, -0.25) is 0 Å². The van der Waals surface area contributed by atoms with Crippen molar-refractivity contribution in [2.24, 2.45) is 0 Å². The van der Waals surface area contributed by atoms with Crippen molar-refractivity contribution in [2.45, 2.75) is 44.9 Å². The van der Waals surface area contributed by atoms with E-state index in [-0.39, 0.29) is 18.0 Å². The van der Waals surface area contributed by atoms with Crippen LogP contribution in [-0.4, -0.2) is 31.9 Å². The summed E-state index contributed by atoms with van der Waals surface area (Å²) in [4.78, 5) is 0. The zero-order chi connectivity index (χ0) is 13.8. The molecule has 0 spiro atoms. The van der Waals surface area contributed by atoms with Crippen molar-refractivity contribution in [3.8, 4) is 5.75 Å². The number of ether oxygens (including phenoxy) is 2. The molecule has 0 aliphatic heterocycles. The van der Waals surface area contributed by atoms with Crippen LogP contribution in [0, 0.1) is 12.7 Å². The van der Waals surface area contributed by atoms with E-state index in [1.165, 1.54) is 0 Å². The van der Waals surface area contributed by atoms with Crippen LogP contribution < -0.4 is 10.1 Å². The summed E-state index contributed by atoms with van der Waals surface area (Å²) in [5.74, 6) is 0.0447. The van der Waals surface area contributed by atoms with Gasteiger partial charge < -0.3 is 14.8 Å². The maximum atomic E-state index is 13.9. The van der Waals surface area contributed by atoms with Gasteiger partial charge in [0.25, 0.3) is 0 Å². The lowest BCUT2D eigenvalue weighted by molar-refractivity contribution is -0.0897. The Morgan fingerprint density at radius 2 is 2.21 bits per heavy atom. The van der Waals surface area contributed by atoms with Gasteiger partial charge in [-0.05, 0) is 31.5 Å². The van der Waals surface area contributed by atoms with Crippen LogP contribution in [0.3, 0.4) is 0 Å². The van der Waals surface area contributed by atoms with Gasteiger partial charge in [-0.25, -0.2) is 4.39 Å². The van der Waals surface area contributed by atoms with Crippen molar-refractivity contribution in [1.29, 1.82) is 0 Å². The Hall–Kier alpha value is -1.13. The molecule has 0 saturated heterocycles. The summed E-state index contributed by atoms with van der Waals surface area (Å²) < 4.78 is 25.0. The Kier molecular flexibility index (Phi) is 4.77. The number of benzene rings is 1. The first-order chi connectivity index (χ1) is 9.17. The minimum atomic E-state index is -0.276. The van der Waals surface area contributed by atoms with Gasteiger partial charge in [0.2, 0.25) is 0 Å². The number of rotatable bonds is 6. The first-order valence-corrected chi connectivity index (χ1v) is 6.85. The van der Waals surface area contributed by atoms with E-state index in [0.717, 1.165) is 19.4 Å². The lowest BCUT2D eigenvalue weighted by Gasteiger charge is -2.43. The van der Waals surface area contributed by atoms with Gasteiger partial charge in [-0.1, -0.05) is 19.1 Å². The molecule has 3 atom stereocenters. The van der Waals surface area contributed by atoms with Crippen LogP contribution in [0.25, 0.3) is 0 Å². The summed E-state index contributed by atoms with van der Waals surface area (Å²) in [6.45, 7) is 4.84. The fraction of sp³-hybridized carbons (Fsp3) is 0.600. The summed E-state index contributed by atoms with van der Waals surface area (Å²) in [5, 5.41) is 3.41. The maximum absolute atomic E-state index is 13.9. The zero-order valence-electron chi connectivity index (χ0n) is 11.8. The van der Waals surface area contributed by atoms with E-state index in [2.05, 4.69) is 12.2 Å². The average Bonchev–Trinajstić information content (AvgIpc) is 2.38. The molecule has 0 bridgehead atoms. The average molecular weight is 267 g/mol. The van der Waals surface area contributed by atoms with E-state index >= 15 is 0 Å². The molecule has 106 valence electrons. The van der Waals surface area contributed by atoms with Crippen LogP contribution >= 0.6 is 0 Å². The Balaban J connectivity index is 1.95. The standard InChI is InChI=1S/C15H22FNO2/c1-4-8-17-11-9-13(15(11)18-3)19-12-7-5-6-10(2)14(12)16/h5-7,11,13,15,17H,4,8-9H2,1-3H3. The van der Waals surface area contributed by atoms with Crippen LogP contribution in [0.15, 0.2) is 18.2 Å². The van der Waals surface area contributed by atoms with Crippen molar-refractivity contribution in [3.05, 3.63) is 29.6 Å². The topological polar surface area (TPSA) is 30.5 Å². The predicted molar refractivity (Wildman–Crippen MR) is 73.0 cm³/mol. The highest BCUT2D eigenvalue weighted by Gasteiger charge is 2.43. The van der Waals surface area contributed by atoms with Gasteiger partial charge >= 0.3 is 0 Å². The van der Waals surface area contributed by atoms with E-state index in [1.807, 2.05) is 0 Å². The van der Waals surface area contributed by atoms with E-state index in [9.17, 15) is 4.39 Å². The fourth-order valence-corrected chi connectivity index (χ4v) is 2.42.